The molecule has 0 aliphatic carbocycles. The zero-order chi connectivity index (χ0) is 22.8. The molecule has 0 spiro atoms. The van der Waals surface area contributed by atoms with Crippen molar-refractivity contribution in [1.29, 1.82) is 0 Å². The summed E-state index contributed by atoms with van der Waals surface area (Å²) in [5.74, 6) is -0.583. The molecule has 1 unspecified atom stereocenters. The molecule has 2 heterocycles. The van der Waals surface area contributed by atoms with Crippen molar-refractivity contribution in [3.8, 4) is 11.5 Å². The van der Waals surface area contributed by atoms with Crippen molar-refractivity contribution in [2.45, 2.75) is 18.9 Å². The molecule has 168 valence electrons. The zero-order valence-corrected chi connectivity index (χ0v) is 18.4. The Bertz CT molecular complexity index is 1290. The molecule has 5 nitrogen and oxygen atoms in total. The quantitative estimate of drug-likeness (QED) is 0.340. The van der Waals surface area contributed by atoms with Gasteiger partial charge in [0.1, 0.15) is 22.8 Å². The average Bonchev–Trinajstić information content (AvgIpc) is 3.48. The van der Waals surface area contributed by atoms with E-state index >= 15 is 0 Å². The number of nitrogens with zero attached hydrogens (tertiary/aromatic N) is 2. The van der Waals surface area contributed by atoms with Crippen LogP contribution in [0.15, 0.2) is 66.7 Å². The number of amides is 1. The second-order valence-electron chi connectivity index (χ2n) is 7.72. The third-order valence-electron chi connectivity index (χ3n) is 5.35. The molecule has 5 rings (SSSR count). The van der Waals surface area contributed by atoms with Gasteiger partial charge in [-0.25, -0.2) is 13.8 Å². The SMILES string of the molecule is O=C(c1cccc(Oc2ccccc2)c1)N(CC1CCCO1)c1nc2c(F)cc(F)cc2s1. The lowest BCUT2D eigenvalue weighted by atomic mass is 10.1. The van der Waals surface area contributed by atoms with E-state index in [0.717, 1.165) is 30.2 Å². The first kappa shape index (κ1) is 21.5. The molecule has 1 saturated heterocycles. The summed E-state index contributed by atoms with van der Waals surface area (Å²) in [6.45, 7) is 0.902. The lowest BCUT2D eigenvalue weighted by Gasteiger charge is -2.23. The van der Waals surface area contributed by atoms with Gasteiger partial charge in [0.15, 0.2) is 10.9 Å². The standard InChI is InChI=1S/C25H20F2N2O3S/c26-17-13-21(27)23-22(14-17)33-25(28-23)29(15-20-10-5-11-31-20)24(30)16-6-4-9-19(12-16)32-18-7-2-1-3-8-18/h1-4,6-9,12-14,20H,5,10-11,15H2. The van der Waals surface area contributed by atoms with E-state index in [1.54, 1.807) is 24.3 Å². The topological polar surface area (TPSA) is 51.7 Å². The summed E-state index contributed by atoms with van der Waals surface area (Å²) in [4.78, 5) is 19.4. The number of benzene rings is 3. The summed E-state index contributed by atoms with van der Waals surface area (Å²) in [5.41, 5.74) is 0.440. The number of carbonyl (C=O) groups excluding carboxylic acids is 1. The fourth-order valence-corrected chi connectivity index (χ4v) is 4.79. The summed E-state index contributed by atoms with van der Waals surface area (Å²) in [5, 5.41) is 0.296. The molecule has 1 amide bonds. The highest BCUT2D eigenvalue weighted by Crippen LogP contribution is 2.33. The van der Waals surface area contributed by atoms with E-state index in [9.17, 15) is 13.6 Å². The molecule has 1 aliphatic heterocycles. The van der Waals surface area contributed by atoms with Gasteiger partial charge < -0.3 is 9.47 Å². The van der Waals surface area contributed by atoms with Crippen LogP contribution in [0.2, 0.25) is 0 Å². The summed E-state index contributed by atoms with van der Waals surface area (Å²) in [6, 6.07) is 18.1. The van der Waals surface area contributed by atoms with Gasteiger partial charge in [0.25, 0.3) is 5.91 Å². The van der Waals surface area contributed by atoms with Crippen molar-refractivity contribution in [2.75, 3.05) is 18.1 Å². The number of thiazole rings is 1. The second kappa shape index (κ2) is 9.25. The summed E-state index contributed by atoms with van der Waals surface area (Å²) < 4.78 is 39.9. The van der Waals surface area contributed by atoms with Gasteiger partial charge in [0, 0.05) is 18.2 Å². The first-order chi connectivity index (χ1) is 16.1. The Labute approximate surface area is 193 Å². The van der Waals surface area contributed by atoms with E-state index in [4.69, 9.17) is 9.47 Å². The highest BCUT2D eigenvalue weighted by Gasteiger charge is 2.28. The molecule has 0 N–H and O–H groups in total. The van der Waals surface area contributed by atoms with E-state index in [1.807, 2.05) is 30.3 Å². The molecule has 1 fully saturated rings. The van der Waals surface area contributed by atoms with Gasteiger partial charge in [0.05, 0.1) is 17.3 Å². The fraction of sp³-hybridized carbons (Fsp3) is 0.200. The highest BCUT2D eigenvalue weighted by molar-refractivity contribution is 7.22. The van der Waals surface area contributed by atoms with E-state index < -0.39 is 11.6 Å². The largest absolute Gasteiger partial charge is 0.457 e. The number of ether oxygens (including phenoxy) is 2. The van der Waals surface area contributed by atoms with Crippen molar-refractivity contribution in [3.05, 3.63) is 83.9 Å². The molecule has 1 aromatic heterocycles. The predicted molar refractivity (Wildman–Crippen MR) is 123 cm³/mol. The lowest BCUT2D eigenvalue weighted by molar-refractivity contribution is 0.0917. The second-order valence-corrected chi connectivity index (χ2v) is 8.73. The smallest absolute Gasteiger partial charge is 0.260 e. The van der Waals surface area contributed by atoms with Crippen LogP contribution >= 0.6 is 11.3 Å². The van der Waals surface area contributed by atoms with Crippen LogP contribution in [0.5, 0.6) is 11.5 Å². The molecule has 8 heteroatoms. The minimum Gasteiger partial charge on any atom is -0.457 e. The first-order valence-corrected chi connectivity index (χ1v) is 11.4. The van der Waals surface area contributed by atoms with Crippen LogP contribution in [0, 0.1) is 11.6 Å². The number of rotatable bonds is 6. The lowest BCUT2D eigenvalue weighted by Crippen LogP contribution is -2.37. The Morgan fingerprint density at radius 1 is 1.09 bits per heavy atom. The van der Waals surface area contributed by atoms with Crippen molar-refractivity contribution in [1.82, 2.24) is 4.98 Å². The molecule has 33 heavy (non-hydrogen) atoms. The zero-order valence-electron chi connectivity index (χ0n) is 17.5. The summed E-state index contributed by atoms with van der Waals surface area (Å²) in [6.07, 6.45) is 1.58. The maximum atomic E-state index is 14.3. The minimum atomic E-state index is -0.754. The van der Waals surface area contributed by atoms with Gasteiger partial charge >= 0.3 is 0 Å². The molecular weight excluding hydrogens is 446 g/mol. The first-order valence-electron chi connectivity index (χ1n) is 10.6. The minimum absolute atomic E-state index is 0.0442. The van der Waals surface area contributed by atoms with Gasteiger partial charge in [-0.15, -0.1) is 0 Å². The normalized spacial score (nSPS) is 15.6. The number of halogens is 2. The Morgan fingerprint density at radius 3 is 2.70 bits per heavy atom. The maximum Gasteiger partial charge on any atom is 0.260 e. The number of hydrogen-bond donors (Lipinski definition) is 0. The molecule has 1 aliphatic rings. The van der Waals surface area contributed by atoms with Gasteiger partial charge in [-0.05, 0) is 49.2 Å². The average molecular weight is 467 g/mol. The van der Waals surface area contributed by atoms with E-state index in [0.29, 0.717) is 33.5 Å². The number of fused-ring (bicyclic) bond motifs is 1. The number of hydrogen-bond acceptors (Lipinski definition) is 5. The number of aromatic nitrogens is 1. The van der Waals surface area contributed by atoms with Crippen LogP contribution < -0.4 is 9.64 Å². The van der Waals surface area contributed by atoms with E-state index in [-0.39, 0.29) is 24.1 Å². The molecule has 0 saturated carbocycles. The number of carbonyl (C=O) groups is 1. The number of para-hydroxylation sites is 1. The van der Waals surface area contributed by atoms with Gasteiger partial charge in [-0.1, -0.05) is 35.6 Å². The van der Waals surface area contributed by atoms with Gasteiger partial charge in [0.2, 0.25) is 0 Å². The van der Waals surface area contributed by atoms with Gasteiger partial charge in [-0.3, -0.25) is 9.69 Å². The molecule has 0 radical (unpaired) electrons. The third-order valence-corrected chi connectivity index (χ3v) is 6.37. The molecule has 3 aromatic carbocycles. The molecule has 0 bridgehead atoms. The van der Waals surface area contributed by atoms with Crippen molar-refractivity contribution in [3.63, 3.8) is 0 Å². The Hall–Kier alpha value is -3.36. The van der Waals surface area contributed by atoms with Crippen LogP contribution in [-0.4, -0.2) is 30.1 Å². The third kappa shape index (κ3) is 4.72. The van der Waals surface area contributed by atoms with Crippen LogP contribution in [0.3, 0.4) is 0 Å². The van der Waals surface area contributed by atoms with E-state index in [1.165, 1.54) is 11.0 Å². The van der Waals surface area contributed by atoms with E-state index in [2.05, 4.69) is 4.98 Å². The monoisotopic (exact) mass is 466 g/mol. The molecule has 4 aromatic rings. The Morgan fingerprint density at radius 2 is 1.91 bits per heavy atom. The van der Waals surface area contributed by atoms with Crippen molar-refractivity contribution >= 4 is 32.6 Å². The summed E-state index contributed by atoms with van der Waals surface area (Å²) in [7, 11) is 0. The van der Waals surface area contributed by atoms with Crippen LogP contribution in [0.4, 0.5) is 13.9 Å². The highest BCUT2D eigenvalue weighted by atomic mass is 32.1. The fourth-order valence-electron chi connectivity index (χ4n) is 3.77. The van der Waals surface area contributed by atoms with Gasteiger partial charge in [-0.2, -0.15) is 0 Å². The van der Waals surface area contributed by atoms with Crippen LogP contribution in [0.25, 0.3) is 10.2 Å². The summed E-state index contributed by atoms with van der Waals surface area (Å²) >= 11 is 1.07. The Balaban J connectivity index is 1.48. The Kier molecular flexibility index (Phi) is 6.02. The van der Waals surface area contributed by atoms with Crippen molar-refractivity contribution in [2.24, 2.45) is 0 Å². The molecule has 1 atom stereocenters. The van der Waals surface area contributed by atoms with Crippen molar-refractivity contribution < 1.29 is 23.0 Å². The predicted octanol–water partition coefficient (Wildman–Crippen LogP) is 6.19. The van der Waals surface area contributed by atoms with Crippen LogP contribution in [-0.2, 0) is 4.74 Å². The van der Waals surface area contributed by atoms with Crippen LogP contribution in [0.1, 0.15) is 23.2 Å². The maximum absolute atomic E-state index is 14.3. The molecular formula is C25H20F2N2O3S. The number of anilines is 1.